The van der Waals surface area contributed by atoms with Crippen molar-refractivity contribution in [1.29, 1.82) is 0 Å². The van der Waals surface area contributed by atoms with E-state index in [2.05, 4.69) is 6.26 Å². The average molecular weight is 329 g/mol. The Bertz CT molecular complexity index is 370. The molecule has 2 rings (SSSR count). The SMILES string of the molecule is CSC1(C(N)=S)CCN(C(=O)CC2CCCCCC2)CC1. The first-order valence-corrected chi connectivity index (χ1v) is 9.83. The van der Waals surface area contributed by atoms with E-state index in [1.165, 1.54) is 38.5 Å². The fourth-order valence-electron chi connectivity index (χ4n) is 3.61. The van der Waals surface area contributed by atoms with Gasteiger partial charge in [-0.25, -0.2) is 0 Å². The van der Waals surface area contributed by atoms with Crippen LogP contribution in [0.1, 0.15) is 57.8 Å². The van der Waals surface area contributed by atoms with Crippen molar-refractivity contribution in [3.05, 3.63) is 0 Å². The maximum atomic E-state index is 12.5. The number of thioether (sulfide) groups is 1. The maximum Gasteiger partial charge on any atom is 0.222 e. The number of piperidine rings is 1. The molecule has 0 atom stereocenters. The van der Waals surface area contributed by atoms with E-state index in [-0.39, 0.29) is 4.75 Å². The predicted molar refractivity (Wildman–Crippen MR) is 94.7 cm³/mol. The van der Waals surface area contributed by atoms with E-state index in [0.29, 0.717) is 16.8 Å². The highest BCUT2D eigenvalue weighted by Gasteiger charge is 2.38. The number of hydrogen-bond donors (Lipinski definition) is 1. The molecule has 2 fully saturated rings. The van der Waals surface area contributed by atoms with Crippen LogP contribution in [0, 0.1) is 5.92 Å². The molecule has 0 unspecified atom stereocenters. The molecule has 2 N–H and O–H groups in total. The second kappa shape index (κ2) is 7.82. The molecule has 1 aliphatic heterocycles. The molecule has 1 heterocycles. The molecular formula is C16H28N2OS2. The first kappa shape index (κ1) is 17.1. The molecule has 0 aromatic carbocycles. The van der Waals surface area contributed by atoms with Crippen LogP contribution in [0.3, 0.4) is 0 Å². The summed E-state index contributed by atoms with van der Waals surface area (Å²) in [5.41, 5.74) is 5.91. The van der Waals surface area contributed by atoms with Crippen LogP contribution in [0.15, 0.2) is 0 Å². The Labute approximate surface area is 138 Å². The molecule has 1 saturated heterocycles. The van der Waals surface area contributed by atoms with E-state index in [4.69, 9.17) is 18.0 Å². The third kappa shape index (κ3) is 4.35. The zero-order valence-electron chi connectivity index (χ0n) is 13.1. The molecule has 2 aliphatic rings. The quantitative estimate of drug-likeness (QED) is 0.635. The highest BCUT2D eigenvalue weighted by molar-refractivity contribution is 8.02. The van der Waals surface area contributed by atoms with E-state index in [1.807, 2.05) is 4.90 Å². The Morgan fingerprint density at radius 2 is 1.81 bits per heavy atom. The summed E-state index contributed by atoms with van der Waals surface area (Å²) in [5.74, 6) is 0.961. The van der Waals surface area contributed by atoms with Crippen LogP contribution in [0.4, 0.5) is 0 Å². The number of nitrogens with two attached hydrogens (primary N) is 1. The number of hydrogen-bond acceptors (Lipinski definition) is 3. The number of thiocarbonyl (C=S) groups is 1. The summed E-state index contributed by atoms with van der Waals surface area (Å²) in [6, 6.07) is 0. The number of likely N-dealkylation sites (tertiary alicyclic amines) is 1. The Kier molecular flexibility index (Phi) is 6.35. The van der Waals surface area contributed by atoms with Gasteiger partial charge in [0.05, 0.1) is 9.74 Å². The second-order valence-corrected chi connectivity index (χ2v) is 8.13. The van der Waals surface area contributed by atoms with Crippen molar-refractivity contribution in [2.24, 2.45) is 11.7 Å². The van der Waals surface area contributed by atoms with Gasteiger partial charge in [-0.3, -0.25) is 4.79 Å². The first-order valence-electron chi connectivity index (χ1n) is 8.20. The van der Waals surface area contributed by atoms with E-state index in [9.17, 15) is 4.79 Å². The zero-order valence-corrected chi connectivity index (χ0v) is 14.7. The van der Waals surface area contributed by atoms with Crippen molar-refractivity contribution in [1.82, 2.24) is 4.90 Å². The summed E-state index contributed by atoms with van der Waals surface area (Å²) in [7, 11) is 0. The highest BCUT2D eigenvalue weighted by atomic mass is 32.2. The molecule has 0 aromatic heterocycles. The fourth-order valence-corrected chi connectivity index (χ4v) is 4.86. The number of rotatable bonds is 4. The summed E-state index contributed by atoms with van der Waals surface area (Å²) in [5, 5.41) is 0. The van der Waals surface area contributed by atoms with Gasteiger partial charge in [0.2, 0.25) is 5.91 Å². The molecule has 5 heteroatoms. The first-order chi connectivity index (χ1) is 10.1. The van der Waals surface area contributed by atoms with Crippen molar-refractivity contribution >= 4 is 34.9 Å². The van der Waals surface area contributed by atoms with Gasteiger partial charge in [-0.15, -0.1) is 0 Å². The van der Waals surface area contributed by atoms with Gasteiger partial charge in [-0.1, -0.05) is 37.9 Å². The molecule has 1 amide bonds. The van der Waals surface area contributed by atoms with E-state index in [0.717, 1.165) is 32.4 Å². The van der Waals surface area contributed by atoms with Crippen molar-refractivity contribution in [3.63, 3.8) is 0 Å². The van der Waals surface area contributed by atoms with Gasteiger partial charge < -0.3 is 10.6 Å². The van der Waals surface area contributed by atoms with Crippen molar-refractivity contribution in [2.75, 3.05) is 19.3 Å². The smallest absolute Gasteiger partial charge is 0.222 e. The predicted octanol–water partition coefficient (Wildman–Crippen LogP) is 3.36. The minimum absolute atomic E-state index is 0.0889. The van der Waals surface area contributed by atoms with Crippen LogP contribution in [-0.4, -0.2) is 39.9 Å². The van der Waals surface area contributed by atoms with Gasteiger partial charge in [0.1, 0.15) is 0 Å². The minimum atomic E-state index is -0.0889. The molecule has 0 spiro atoms. The zero-order chi connectivity index (χ0) is 15.3. The van der Waals surface area contributed by atoms with Gasteiger partial charge in [0.15, 0.2) is 0 Å². The van der Waals surface area contributed by atoms with Crippen molar-refractivity contribution < 1.29 is 4.79 Å². The molecule has 0 aromatic rings. The molecule has 1 saturated carbocycles. The Morgan fingerprint density at radius 1 is 1.24 bits per heavy atom. The number of carbonyl (C=O) groups is 1. The number of carbonyl (C=O) groups excluding carboxylic acids is 1. The van der Waals surface area contributed by atoms with E-state index < -0.39 is 0 Å². The van der Waals surface area contributed by atoms with Crippen molar-refractivity contribution in [2.45, 2.75) is 62.5 Å². The Balaban J connectivity index is 1.83. The second-order valence-electron chi connectivity index (χ2n) is 6.51. The van der Waals surface area contributed by atoms with Crippen LogP contribution in [0.5, 0.6) is 0 Å². The summed E-state index contributed by atoms with van der Waals surface area (Å²) >= 11 is 6.98. The largest absolute Gasteiger partial charge is 0.392 e. The third-order valence-corrected chi connectivity index (χ3v) is 7.13. The molecule has 3 nitrogen and oxygen atoms in total. The van der Waals surface area contributed by atoms with Crippen molar-refractivity contribution in [3.8, 4) is 0 Å². The normalized spacial score (nSPS) is 23.6. The Morgan fingerprint density at radius 3 is 2.29 bits per heavy atom. The molecule has 21 heavy (non-hydrogen) atoms. The minimum Gasteiger partial charge on any atom is -0.392 e. The lowest BCUT2D eigenvalue weighted by Crippen LogP contribution is -2.50. The highest BCUT2D eigenvalue weighted by Crippen LogP contribution is 2.35. The summed E-state index contributed by atoms with van der Waals surface area (Å²) in [6.07, 6.45) is 12.4. The summed E-state index contributed by atoms with van der Waals surface area (Å²) < 4.78 is -0.0889. The van der Waals surface area contributed by atoms with E-state index in [1.54, 1.807) is 11.8 Å². The third-order valence-electron chi connectivity index (χ3n) is 5.20. The maximum absolute atomic E-state index is 12.5. The number of nitrogens with zero attached hydrogens (tertiary/aromatic N) is 1. The summed E-state index contributed by atoms with van der Waals surface area (Å²) in [6.45, 7) is 1.62. The molecule has 0 radical (unpaired) electrons. The lowest BCUT2D eigenvalue weighted by Gasteiger charge is -2.40. The van der Waals surface area contributed by atoms with Crippen LogP contribution in [0.25, 0.3) is 0 Å². The van der Waals surface area contributed by atoms with Crippen LogP contribution >= 0.6 is 24.0 Å². The number of amides is 1. The van der Waals surface area contributed by atoms with Gasteiger partial charge >= 0.3 is 0 Å². The van der Waals surface area contributed by atoms with Gasteiger partial charge in [-0.2, -0.15) is 11.8 Å². The average Bonchev–Trinajstić information content (AvgIpc) is 2.75. The van der Waals surface area contributed by atoms with Gasteiger partial charge in [0, 0.05) is 19.5 Å². The monoisotopic (exact) mass is 328 g/mol. The lowest BCUT2D eigenvalue weighted by atomic mass is 9.93. The van der Waals surface area contributed by atoms with Gasteiger partial charge in [0.25, 0.3) is 0 Å². The Hall–Kier alpha value is -0.290. The fraction of sp³-hybridized carbons (Fsp3) is 0.875. The molecular weight excluding hydrogens is 300 g/mol. The molecule has 0 bridgehead atoms. The molecule has 120 valence electrons. The lowest BCUT2D eigenvalue weighted by molar-refractivity contribution is -0.133. The van der Waals surface area contributed by atoms with Gasteiger partial charge in [-0.05, 0) is 37.9 Å². The topological polar surface area (TPSA) is 46.3 Å². The van der Waals surface area contributed by atoms with E-state index >= 15 is 0 Å². The van der Waals surface area contributed by atoms with Crippen LogP contribution in [-0.2, 0) is 4.79 Å². The van der Waals surface area contributed by atoms with Crippen LogP contribution in [0.2, 0.25) is 0 Å². The molecule has 1 aliphatic carbocycles. The van der Waals surface area contributed by atoms with Crippen LogP contribution < -0.4 is 5.73 Å². The standard InChI is InChI=1S/C16H28N2OS2/c1-21-16(15(17)20)8-10-18(11-9-16)14(19)12-13-6-4-2-3-5-7-13/h13H,2-12H2,1H3,(H2,17,20). The summed E-state index contributed by atoms with van der Waals surface area (Å²) in [4.78, 5) is 15.1.